The molecule has 2 heterocycles. The summed E-state index contributed by atoms with van der Waals surface area (Å²) in [7, 11) is 0. The number of amides is 3. The molecule has 3 amide bonds. The number of carbonyl (C=O) groups excluding carboxylic acids is 2. The Hall–Kier alpha value is -4.58. The molecule has 0 bridgehead atoms. The molecule has 0 saturated carbocycles. The largest absolute Gasteiger partial charge is 0.573 e. The molecule has 0 aliphatic carbocycles. The second-order valence-corrected chi connectivity index (χ2v) is 12.7. The second-order valence-electron chi connectivity index (χ2n) is 11.8. The maximum atomic E-state index is 13.1. The molecule has 3 aromatic carbocycles. The summed E-state index contributed by atoms with van der Waals surface area (Å²) in [6.45, 7) is 8.57. The molecule has 246 valence electrons. The fourth-order valence-corrected chi connectivity index (χ4v) is 6.33. The molecule has 8 nitrogen and oxygen atoms in total. The van der Waals surface area contributed by atoms with Crippen molar-refractivity contribution in [2.24, 2.45) is 10.9 Å². The summed E-state index contributed by atoms with van der Waals surface area (Å²) in [5.41, 5.74) is 5.46. The fourth-order valence-electron chi connectivity index (χ4n) is 5.47. The van der Waals surface area contributed by atoms with Crippen molar-refractivity contribution in [2.75, 3.05) is 16.0 Å². The van der Waals surface area contributed by atoms with Gasteiger partial charge in [-0.05, 0) is 71.8 Å². The van der Waals surface area contributed by atoms with E-state index in [0.717, 1.165) is 41.6 Å². The first kappa shape index (κ1) is 33.8. The third-order valence-electron chi connectivity index (χ3n) is 7.67. The molecular formula is C35H36F3N5O3S. The molecule has 12 heteroatoms. The number of aromatic nitrogens is 2. The number of amidine groups is 1. The smallest absolute Gasteiger partial charge is 0.406 e. The zero-order chi connectivity index (χ0) is 33.7. The van der Waals surface area contributed by atoms with Crippen LogP contribution in [0.15, 0.2) is 84.2 Å². The lowest BCUT2D eigenvalue weighted by atomic mass is 9.93. The summed E-state index contributed by atoms with van der Waals surface area (Å²) in [5.74, 6) is 0.468. The van der Waals surface area contributed by atoms with Crippen molar-refractivity contribution >= 4 is 40.2 Å². The number of nitrogens with one attached hydrogen (secondary N) is 1. The van der Waals surface area contributed by atoms with Gasteiger partial charge in [-0.1, -0.05) is 76.6 Å². The first-order chi connectivity index (χ1) is 22.4. The number of hydrogen-bond acceptors (Lipinski definition) is 5. The normalized spacial score (nSPS) is 15.0. The van der Waals surface area contributed by atoms with Gasteiger partial charge in [-0.2, -0.15) is 4.99 Å². The Balaban J connectivity index is 1.28. The van der Waals surface area contributed by atoms with Crippen LogP contribution >= 0.6 is 11.8 Å². The number of imidazole rings is 1. The van der Waals surface area contributed by atoms with E-state index in [1.54, 1.807) is 46.3 Å². The van der Waals surface area contributed by atoms with Gasteiger partial charge in [-0.3, -0.25) is 9.69 Å². The molecule has 1 aliphatic heterocycles. The Labute approximate surface area is 276 Å². The topological polar surface area (TPSA) is 88.8 Å². The summed E-state index contributed by atoms with van der Waals surface area (Å²) in [6, 6.07) is 18.2. The molecule has 1 atom stereocenters. The van der Waals surface area contributed by atoms with Gasteiger partial charge >= 0.3 is 12.4 Å². The number of urea groups is 1. The van der Waals surface area contributed by atoms with Crippen LogP contribution in [0.5, 0.6) is 5.75 Å². The highest BCUT2D eigenvalue weighted by atomic mass is 32.2. The average molecular weight is 664 g/mol. The standard InChI is InChI=1S/C35H36F3N5O3S/c1-5-6-23(4)17-24-7-16-29(22(2)3)31(18-24)43-32(44)20-47-34(43)41-33(45)40-26-10-8-25(9-11-26)30-19-42(21-39-30)27-12-14-28(15-13-27)46-35(36,37)38/h7-16,18-19,21-23H,5-6,17,20H2,1-4H3,(H,40,45)/b41-34-. The number of thioether (sulfide) groups is 1. The van der Waals surface area contributed by atoms with Crippen LogP contribution in [0.2, 0.25) is 0 Å². The Morgan fingerprint density at radius 1 is 1.06 bits per heavy atom. The predicted molar refractivity (Wildman–Crippen MR) is 180 cm³/mol. The molecule has 0 spiro atoms. The molecule has 1 aliphatic rings. The van der Waals surface area contributed by atoms with Gasteiger partial charge in [0.15, 0.2) is 5.17 Å². The summed E-state index contributed by atoms with van der Waals surface area (Å²) in [4.78, 5) is 36.4. The number of carbonyl (C=O) groups is 2. The minimum absolute atomic E-state index is 0.114. The van der Waals surface area contributed by atoms with Crippen LogP contribution in [0, 0.1) is 5.92 Å². The Morgan fingerprint density at radius 3 is 2.45 bits per heavy atom. The Kier molecular flexibility index (Phi) is 10.4. The van der Waals surface area contributed by atoms with Crippen molar-refractivity contribution in [2.45, 2.75) is 59.2 Å². The number of aliphatic imine (C=N–C) groups is 1. The number of alkyl halides is 3. The van der Waals surface area contributed by atoms with E-state index in [1.165, 1.54) is 36.0 Å². The minimum atomic E-state index is -4.76. The molecule has 1 N–H and O–H groups in total. The van der Waals surface area contributed by atoms with Gasteiger partial charge in [0.2, 0.25) is 5.91 Å². The number of rotatable bonds is 10. The number of hydrogen-bond donors (Lipinski definition) is 1. The number of halogens is 3. The van der Waals surface area contributed by atoms with E-state index in [-0.39, 0.29) is 23.3 Å². The highest BCUT2D eigenvalue weighted by Gasteiger charge is 2.33. The Morgan fingerprint density at radius 2 is 1.79 bits per heavy atom. The van der Waals surface area contributed by atoms with Crippen LogP contribution in [0.4, 0.5) is 29.3 Å². The molecule has 0 radical (unpaired) electrons. The van der Waals surface area contributed by atoms with Crippen molar-refractivity contribution in [1.82, 2.24) is 9.55 Å². The van der Waals surface area contributed by atoms with E-state index in [9.17, 15) is 22.8 Å². The predicted octanol–water partition coefficient (Wildman–Crippen LogP) is 9.21. The fraction of sp³-hybridized carbons (Fsp3) is 0.314. The van der Waals surface area contributed by atoms with Crippen molar-refractivity contribution < 1.29 is 27.5 Å². The molecule has 1 fully saturated rings. The van der Waals surface area contributed by atoms with Crippen LogP contribution in [0.25, 0.3) is 16.9 Å². The lowest BCUT2D eigenvalue weighted by Crippen LogP contribution is -2.31. The molecule has 1 unspecified atom stereocenters. The van der Waals surface area contributed by atoms with Gasteiger partial charge in [0.1, 0.15) is 5.75 Å². The average Bonchev–Trinajstić information content (AvgIpc) is 3.64. The highest BCUT2D eigenvalue weighted by molar-refractivity contribution is 8.15. The van der Waals surface area contributed by atoms with Crippen molar-refractivity contribution in [3.63, 3.8) is 0 Å². The number of ether oxygens (including phenoxy) is 1. The lowest BCUT2D eigenvalue weighted by Gasteiger charge is -2.23. The van der Waals surface area contributed by atoms with E-state index in [2.05, 4.69) is 65.9 Å². The van der Waals surface area contributed by atoms with Gasteiger partial charge in [0.25, 0.3) is 0 Å². The van der Waals surface area contributed by atoms with Crippen LogP contribution in [0.1, 0.15) is 57.6 Å². The Bertz CT molecular complexity index is 1750. The summed E-state index contributed by atoms with van der Waals surface area (Å²) in [6.07, 6.45) is 1.69. The number of benzene rings is 3. The SMILES string of the molecule is CCCC(C)Cc1ccc(C(C)C)c(N2C(=O)CS/C2=N\C(=O)Nc2ccc(-c3cn(-c4ccc(OC(F)(F)F)cc4)cn3)cc2)c1. The van der Waals surface area contributed by atoms with Crippen LogP contribution in [-0.2, 0) is 11.2 Å². The second kappa shape index (κ2) is 14.5. The summed E-state index contributed by atoms with van der Waals surface area (Å²) >= 11 is 1.24. The number of anilines is 2. The van der Waals surface area contributed by atoms with E-state index in [0.29, 0.717) is 28.2 Å². The molecular weight excluding hydrogens is 627 g/mol. The maximum absolute atomic E-state index is 13.1. The van der Waals surface area contributed by atoms with Gasteiger partial charge in [0.05, 0.1) is 23.5 Å². The monoisotopic (exact) mass is 663 g/mol. The van der Waals surface area contributed by atoms with Crippen LogP contribution in [0.3, 0.4) is 0 Å². The molecule has 1 saturated heterocycles. The molecule has 5 rings (SSSR count). The molecule has 47 heavy (non-hydrogen) atoms. The zero-order valence-corrected chi connectivity index (χ0v) is 27.4. The summed E-state index contributed by atoms with van der Waals surface area (Å²) in [5, 5.41) is 3.12. The van der Waals surface area contributed by atoms with Crippen molar-refractivity contribution in [3.05, 3.63) is 90.4 Å². The highest BCUT2D eigenvalue weighted by Crippen LogP contribution is 2.35. The quantitative estimate of drug-likeness (QED) is 0.183. The van der Waals surface area contributed by atoms with Gasteiger partial charge in [-0.25, -0.2) is 9.78 Å². The van der Waals surface area contributed by atoms with E-state index < -0.39 is 12.4 Å². The van der Waals surface area contributed by atoms with Crippen LogP contribution < -0.4 is 15.0 Å². The summed E-state index contributed by atoms with van der Waals surface area (Å²) < 4.78 is 43.0. The first-order valence-corrected chi connectivity index (χ1v) is 16.4. The van der Waals surface area contributed by atoms with Crippen LogP contribution in [-0.4, -0.2) is 38.8 Å². The third kappa shape index (κ3) is 8.62. The van der Waals surface area contributed by atoms with Gasteiger partial charge < -0.3 is 14.6 Å². The van der Waals surface area contributed by atoms with Gasteiger partial charge in [0, 0.05) is 23.1 Å². The first-order valence-electron chi connectivity index (χ1n) is 15.4. The maximum Gasteiger partial charge on any atom is 0.573 e. The van der Waals surface area contributed by atoms with E-state index in [4.69, 9.17) is 0 Å². The number of nitrogens with zero attached hydrogens (tertiary/aromatic N) is 4. The zero-order valence-electron chi connectivity index (χ0n) is 26.5. The van der Waals surface area contributed by atoms with E-state index >= 15 is 0 Å². The lowest BCUT2D eigenvalue weighted by molar-refractivity contribution is -0.274. The minimum Gasteiger partial charge on any atom is -0.406 e. The molecule has 4 aromatic rings. The third-order valence-corrected chi connectivity index (χ3v) is 8.59. The molecule has 1 aromatic heterocycles. The van der Waals surface area contributed by atoms with E-state index in [1.807, 2.05) is 0 Å². The van der Waals surface area contributed by atoms with Gasteiger partial charge in [-0.15, -0.1) is 13.2 Å². The van der Waals surface area contributed by atoms with Crippen molar-refractivity contribution in [3.8, 4) is 22.7 Å². The van der Waals surface area contributed by atoms with Crippen molar-refractivity contribution in [1.29, 1.82) is 0 Å².